The first-order valence-electron chi connectivity index (χ1n) is 28.1. The van der Waals surface area contributed by atoms with E-state index in [1.807, 2.05) is 68.4 Å². The largest absolute Gasteiger partial charge is 0.489 e. The number of Topliss-reactive ketones (excluding diaryl/α,β-unsaturated/α-hetero) is 3. The molecular formula is C64H83N3O15. The van der Waals surface area contributed by atoms with Gasteiger partial charge in [-0.15, -0.1) is 0 Å². The summed E-state index contributed by atoms with van der Waals surface area (Å²) in [6, 6.07) is 30.9. The van der Waals surface area contributed by atoms with E-state index >= 15 is 0 Å². The van der Waals surface area contributed by atoms with Gasteiger partial charge in [0.1, 0.15) is 31.2 Å². The highest BCUT2D eigenvalue weighted by atomic mass is 16.6. The maximum Gasteiger partial charge on any atom is 0.308 e. The van der Waals surface area contributed by atoms with Crippen molar-refractivity contribution < 1.29 is 71.6 Å². The molecule has 0 aliphatic heterocycles. The molecule has 0 fully saturated rings. The monoisotopic (exact) mass is 1130 g/mol. The molecule has 0 saturated heterocycles. The third-order valence-electron chi connectivity index (χ3n) is 12.9. The van der Waals surface area contributed by atoms with Gasteiger partial charge in [-0.1, -0.05) is 117 Å². The highest BCUT2D eigenvalue weighted by Gasteiger charge is 2.35. The Kier molecular flexibility index (Phi) is 29.4. The number of ketones is 3. The molecule has 0 aliphatic carbocycles. The Hall–Kier alpha value is -7.57. The summed E-state index contributed by atoms with van der Waals surface area (Å²) in [5.74, 6) is -7.56. The predicted octanol–water partition coefficient (Wildman–Crippen LogP) is 8.27. The van der Waals surface area contributed by atoms with Gasteiger partial charge in [-0.3, -0.25) is 43.2 Å². The zero-order valence-electron chi connectivity index (χ0n) is 48.6. The number of rotatable bonds is 38. The van der Waals surface area contributed by atoms with Crippen LogP contribution in [-0.2, 0) is 93.1 Å². The number of ether oxygens (including phenoxy) is 6. The Morgan fingerprint density at radius 1 is 0.500 bits per heavy atom. The average Bonchev–Trinajstić information content (AvgIpc) is 3.48. The van der Waals surface area contributed by atoms with E-state index in [0.29, 0.717) is 37.6 Å². The fourth-order valence-corrected chi connectivity index (χ4v) is 8.72. The Balaban J connectivity index is 1.63. The van der Waals surface area contributed by atoms with Gasteiger partial charge in [-0.25, -0.2) is 0 Å². The summed E-state index contributed by atoms with van der Waals surface area (Å²) in [4.78, 5) is 124. The number of benzene rings is 4. The molecule has 18 nitrogen and oxygen atoms in total. The van der Waals surface area contributed by atoms with Crippen molar-refractivity contribution in [1.82, 2.24) is 16.0 Å². The van der Waals surface area contributed by atoms with Crippen LogP contribution in [0.1, 0.15) is 128 Å². The van der Waals surface area contributed by atoms with E-state index in [0.717, 1.165) is 16.7 Å². The topological polar surface area (TPSA) is 245 Å². The molecule has 5 atom stereocenters. The maximum atomic E-state index is 14.8. The molecule has 4 aromatic carbocycles. The summed E-state index contributed by atoms with van der Waals surface area (Å²) in [5, 5.41) is 8.22. The van der Waals surface area contributed by atoms with Crippen LogP contribution < -0.4 is 20.7 Å². The van der Waals surface area contributed by atoms with Crippen molar-refractivity contribution in [1.29, 1.82) is 0 Å². The lowest BCUT2D eigenvalue weighted by atomic mass is 9.88. The SMILES string of the molecule is COCCOCCCC(=O)[C@@H](CCC(=O)OCc1ccccc1)NC(=O)[C@H](CCC(=O)OCc1ccccc1)CC(=O)[C@@H](CC(C)C)NC(=O)[C@@H](CC(=O)[C@H](CC(=O)OC(C)(C)C)NC(C)=O)Cc1ccc(OCc2ccccc2)cc1. The number of methoxy groups -OCH3 is 1. The number of hydrogen-bond donors (Lipinski definition) is 3. The molecular weight excluding hydrogens is 1050 g/mol. The van der Waals surface area contributed by atoms with Crippen molar-refractivity contribution in [2.24, 2.45) is 17.8 Å². The molecule has 0 heterocycles. The summed E-state index contributed by atoms with van der Waals surface area (Å²) in [6.45, 7) is 11.1. The minimum absolute atomic E-state index is 0.00292. The van der Waals surface area contributed by atoms with Crippen molar-refractivity contribution in [2.75, 3.05) is 26.9 Å². The van der Waals surface area contributed by atoms with Crippen molar-refractivity contribution in [2.45, 2.75) is 156 Å². The molecule has 0 aliphatic rings. The molecule has 0 radical (unpaired) electrons. The number of carbonyl (C=O) groups is 9. The van der Waals surface area contributed by atoms with Crippen molar-refractivity contribution in [3.05, 3.63) is 138 Å². The molecule has 4 aromatic rings. The van der Waals surface area contributed by atoms with Gasteiger partial charge < -0.3 is 44.4 Å². The molecule has 3 N–H and O–H groups in total. The average molecular weight is 1130 g/mol. The third kappa shape index (κ3) is 27.3. The van der Waals surface area contributed by atoms with Gasteiger partial charge in [-0.2, -0.15) is 0 Å². The van der Waals surface area contributed by atoms with Gasteiger partial charge >= 0.3 is 17.9 Å². The van der Waals surface area contributed by atoms with Crippen LogP contribution >= 0.6 is 0 Å². The summed E-state index contributed by atoms with van der Waals surface area (Å²) in [5.41, 5.74) is 2.20. The van der Waals surface area contributed by atoms with Crippen molar-refractivity contribution in [3.8, 4) is 5.75 Å². The van der Waals surface area contributed by atoms with Gasteiger partial charge in [-0.05, 0) is 93.2 Å². The maximum absolute atomic E-state index is 14.8. The summed E-state index contributed by atoms with van der Waals surface area (Å²) < 4.78 is 33.1. The molecule has 18 heteroatoms. The zero-order valence-corrected chi connectivity index (χ0v) is 48.6. The lowest BCUT2D eigenvalue weighted by molar-refractivity contribution is -0.156. The van der Waals surface area contributed by atoms with Gasteiger partial charge in [0.05, 0.1) is 37.8 Å². The first kappa shape index (κ1) is 66.9. The Labute approximate surface area is 482 Å². The lowest BCUT2D eigenvalue weighted by Crippen LogP contribution is -2.48. The van der Waals surface area contributed by atoms with E-state index in [-0.39, 0.29) is 70.7 Å². The van der Waals surface area contributed by atoms with Crippen LogP contribution in [0.2, 0.25) is 0 Å². The molecule has 82 heavy (non-hydrogen) atoms. The summed E-state index contributed by atoms with van der Waals surface area (Å²) in [7, 11) is 1.54. The number of hydrogen-bond acceptors (Lipinski definition) is 15. The molecule has 0 saturated carbocycles. The molecule has 444 valence electrons. The first-order chi connectivity index (χ1) is 39.2. The van der Waals surface area contributed by atoms with Gasteiger partial charge in [0.25, 0.3) is 0 Å². The van der Waals surface area contributed by atoms with Gasteiger partial charge in [0.2, 0.25) is 17.7 Å². The normalized spacial score (nSPS) is 13.1. The zero-order chi connectivity index (χ0) is 59.9. The second kappa shape index (κ2) is 36.0. The number of amides is 3. The fraction of sp³-hybridized carbons (Fsp3) is 0.484. The van der Waals surface area contributed by atoms with E-state index in [1.54, 1.807) is 81.4 Å². The lowest BCUT2D eigenvalue weighted by Gasteiger charge is -2.27. The Bertz CT molecular complexity index is 2640. The minimum atomic E-state index is -1.34. The van der Waals surface area contributed by atoms with Gasteiger partial charge in [0, 0.05) is 64.6 Å². The fourth-order valence-electron chi connectivity index (χ4n) is 8.72. The summed E-state index contributed by atoms with van der Waals surface area (Å²) in [6.07, 6.45) is -1.89. The van der Waals surface area contributed by atoms with E-state index < -0.39 is 108 Å². The molecule has 0 unspecified atom stereocenters. The van der Waals surface area contributed by atoms with E-state index in [1.165, 1.54) is 14.0 Å². The van der Waals surface area contributed by atoms with Crippen LogP contribution in [0, 0.1) is 17.8 Å². The molecule has 4 rings (SSSR count). The Morgan fingerprint density at radius 2 is 1.01 bits per heavy atom. The minimum Gasteiger partial charge on any atom is -0.489 e. The number of carbonyl (C=O) groups excluding carboxylic acids is 9. The summed E-state index contributed by atoms with van der Waals surface area (Å²) >= 11 is 0. The highest BCUT2D eigenvalue weighted by Crippen LogP contribution is 2.23. The molecule has 0 bridgehead atoms. The van der Waals surface area contributed by atoms with Crippen LogP contribution in [0.15, 0.2) is 115 Å². The third-order valence-corrected chi connectivity index (χ3v) is 12.9. The smallest absolute Gasteiger partial charge is 0.308 e. The van der Waals surface area contributed by atoms with Crippen LogP contribution in [-0.4, -0.2) is 104 Å². The highest BCUT2D eigenvalue weighted by molar-refractivity contribution is 5.97. The van der Waals surface area contributed by atoms with Crippen LogP contribution in [0.3, 0.4) is 0 Å². The molecule has 0 aromatic heterocycles. The predicted molar refractivity (Wildman–Crippen MR) is 306 cm³/mol. The molecule has 3 amide bonds. The van der Waals surface area contributed by atoms with Crippen LogP contribution in [0.5, 0.6) is 5.75 Å². The quantitative estimate of drug-likeness (QED) is 0.0217. The van der Waals surface area contributed by atoms with Crippen LogP contribution in [0.25, 0.3) is 0 Å². The number of nitrogens with one attached hydrogen (secondary N) is 3. The van der Waals surface area contributed by atoms with E-state index in [9.17, 15) is 43.2 Å². The van der Waals surface area contributed by atoms with E-state index in [4.69, 9.17) is 28.4 Å². The Morgan fingerprint density at radius 3 is 1.55 bits per heavy atom. The van der Waals surface area contributed by atoms with Crippen molar-refractivity contribution in [3.63, 3.8) is 0 Å². The van der Waals surface area contributed by atoms with E-state index in [2.05, 4.69) is 16.0 Å². The van der Waals surface area contributed by atoms with Crippen LogP contribution in [0.4, 0.5) is 0 Å². The van der Waals surface area contributed by atoms with Crippen molar-refractivity contribution >= 4 is 53.0 Å². The second-order valence-corrected chi connectivity index (χ2v) is 21.7. The second-order valence-electron chi connectivity index (χ2n) is 21.7. The van der Waals surface area contributed by atoms with Gasteiger partial charge in [0.15, 0.2) is 17.3 Å². The number of esters is 3. The molecule has 0 spiro atoms. The first-order valence-corrected chi connectivity index (χ1v) is 28.1. The standard InChI is InChI=1S/C64H83N3O15/c1-44(2)36-54(67-63(76)51(39-58(71)55(65-45(3)68)40-61(74)82-64(4,5)6)37-46-25-28-52(29-26-46)79-41-47-18-11-8-12-19-47)57(70)38-50(27-31-59(72)80-42-48-20-13-9-14-21-48)62(75)66-53(56(69)24-17-33-78-35-34-77-7)30-32-60(73)81-43-49-22-15-10-16-23-49/h8-16,18-23,25-26,28-29,44,50-51,53-55H,17,24,27,30-43H2,1-7H3,(H,65,68)(H,66,75)(H,67,76)/t50-,51-,53-,54-,55+/m1/s1.